The van der Waals surface area contributed by atoms with E-state index in [0.29, 0.717) is 29.0 Å². The van der Waals surface area contributed by atoms with Crippen LogP contribution in [0, 0.1) is 23.1 Å². The first-order valence-corrected chi connectivity index (χ1v) is 7.67. The number of carbonyl (C=O) groups is 1. The second-order valence-corrected chi connectivity index (χ2v) is 6.42. The van der Waals surface area contributed by atoms with E-state index in [1.54, 1.807) is 24.3 Å². The van der Waals surface area contributed by atoms with Crippen molar-refractivity contribution in [3.8, 4) is 0 Å². The number of rotatable bonds is 3. The van der Waals surface area contributed by atoms with E-state index in [9.17, 15) is 4.79 Å². The number of ether oxygens (including phenoxy) is 1. The largest absolute Gasteiger partial charge is 0.458 e. The molecule has 0 amide bonds. The fourth-order valence-electron chi connectivity index (χ4n) is 3.12. The van der Waals surface area contributed by atoms with Crippen molar-refractivity contribution < 1.29 is 9.53 Å². The van der Waals surface area contributed by atoms with Gasteiger partial charge in [0.1, 0.15) is 6.10 Å². The summed E-state index contributed by atoms with van der Waals surface area (Å²) in [4.78, 5) is 15.4. The zero-order valence-electron chi connectivity index (χ0n) is 13.0. The maximum atomic E-state index is 12.3. The summed E-state index contributed by atoms with van der Waals surface area (Å²) in [6.07, 6.45) is 3.28. The summed E-state index contributed by atoms with van der Waals surface area (Å²) in [6.45, 7) is 6.60. The molecule has 112 valence electrons. The summed E-state index contributed by atoms with van der Waals surface area (Å²) in [7, 11) is 0. The fraction of sp³-hybridized carbons (Fsp3) is 0.588. The monoisotopic (exact) mass is 287 g/mol. The SMILES string of the molecule is CC(C)[C@@H]1CC[C@@H](C)C[C@H]1OC(=O)c1ccc([N+]#N)cc1. The molecule has 4 heteroatoms. The molecule has 3 atom stereocenters. The second kappa shape index (κ2) is 6.71. The summed E-state index contributed by atoms with van der Waals surface area (Å²) in [5.41, 5.74) is 0.932. The van der Waals surface area contributed by atoms with Gasteiger partial charge in [0, 0.05) is 12.1 Å². The van der Waals surface area contributed by atoms with Gasteiger partial charge < -0.3 is 4.74 Å². The molecule has 0 spiro atoms. The highest BCUT2D eigenvalue weighted by Crippen LogP contribution is 2.35. The molecule has 0 bridgehead atoms. The maximum Gasteiger partial charge on any atom is 0.385 e. The van der Waals surface area contributed by atoms with Crippen LogP contribution >= 0.6 is 0 Å². The smallest absolute Gasteiger partial charge is 0.385 e. The number of benzene rings is 1. The Morgan fingerprint density at radius 2 is 1.95 bits per heavy atom. The van der Waals surface area contributed by atoms with Crippen LogP contribution in [-0.4, -0.2) is 12.1 Å². The van der Waals surface area contributed by atoms with E-state index in [0.717, 1.165) is 12.8 Å². The van der Waals surface area contributed by atoms with Gasteiger partial charge in [0.25, 0.3) is 0 Å². The van der Waals surface area contributed by atoms with E-state index < -0.39 is 0 Å². The van der Waals surface area contributed by atoms with E-state index in [1.165, 1.54) is 6.42 Å². The van der Waals surface area contributed by atoms with Gasteiger partial charge in [-0.05, 0) is 42.7 Å². The molecule has 0 aliphatic heterocycles. The van der Waals surface area contributed by atoms with Crippen LogP contribution in [0.3, 0.4) is 0 Å². The number of hydrogen-bond donors (Lipinski definition) is 0. The van der Waals surface area contributed by atoms with E-state index in [4.69, 9.17) is 10.1 Å². The summed E-state index contributed by atoms with van der Waals surface area (Å²) in [5, 5.41) is 8.66. The van der Waals surface area contributed by atoms with Gasteiger partial charge in [0.2, 0.25) is 5.39 Å². The lowest BCUT2D eigenvalue weighted by Gasteiger charge is -2.36. The van der Waals surface area contributed by atoms with Crippen LogP contribution in [-0.2, 0) is 4.74 Å². The summed E-state index contributed by atoms with van der Waals surface area (Å²) < 4.78 is 5.76. The molecule has 0 unspecified atom stereocenters. The van der Waals surface area contributed by atoms with Crippen molar-refractivity contribution in [2.24, 2.45) is 17.8 Å². The van der Waals surface area contributed by atoms with Crippen molar-refractivity contribution in [3.63, 3.8) is 0 Å². The molecule has 0 saturated heterocycles. The zero-order valence-corrected chi connectivity index (χ0v) is 13.0. The lowest BCUT2D eigenvalue weighted by Crippen LogP contribution is -2.35. The molecule has 0 N–H and O–H groups in total. The molecule has 1 aliphatic carbocycles. The minimum Gasteiger partial charge on any atom is -0.458 e. The molecule has 1 aromatic rings. The molecule has 1 fully saturated rings. The van der Waals surface area contributed by atoms with Crippen molar-refractivity contribution in [1.29, 1.82) is 5.39 Å². The molecule has 0 heterocycles. The average molecular weight is 287 g/mol. The minimum absolute atomic E-state index is 0.00320. The van der Waals surface area contributed by atoms with Gasteiger partial charge >= 0.3 is 11.7 Å². The van der Waals surface area contributed by atoms with Gasteiger partial charge in [-0.1, -0.05) is 27.2 Å². The first kappa shape index (κ1) is 15.5. The van der Waals surface area contributed by atoms with Gasteiger partial charge in [-0.3, -0.25) is 0 Å². The highest BCUT2D eigenvalue weighted by molar-refractivity contribution is 5.90. The lowest BCUT2D eigenvalue weighted by atomic mass is 9.75. The fourth-order valence-corrected chi connectivity index (χ4v) is 3.12. The van der Waals surface area contributed by atoms with E-state index >= 15 is 0 Å². The third kappa shape index (κ3) is 3.81. The normalized spacial score (nSPS) is 25.4. The minimum atomic E-state index is -0.288. The average Bonchev–Trinajstić information content (AvgIpc) is 2.47. The molecule has 4 nitrogen and oxygen atoms in total. The van der Waals surface area contributed by atoms with Crippen LogP contribution in [0.2, 0.25) is 0 Å². The molecule has 0 aromatic heterocycles. The Hall–Kier alpha value is -1.89. The Balaban J connectivity index is 2.07. The molecule has 1 saturated carbocycles. The first-order valence-electron chi connectivity index (χ1n) is 7.67. The Bertz CT molecular complexity index is 531. The van der Waals surface area contributed by atoms with E-state index in [1.807, 2.05) is 0 Å². The number of nitrogens with zero attached hydrogens (tertiary/aromatic N) is 2. The van der Waals surface area contributed by atoms with Gasteiger partial charge in [-0.15, -0.1) is 0 Å². The van der Waals surface area contributed by atoms with Gasteiger partial charge in [0.05, 0.1) is 5.56 Å². The molecule has 1 aromatic carbocycles. The molecular weight excluding hydrogens is 264 g/mol. The Kier molecular flexibility index (Phi) is 4.95. The summed E-state index contributed by atoms with van der Waals surface area (Å²) in [5.74, 6) is 1.28. The predicted molar refractivity (Wildman–Crippen MR) is 81.7 cm³/mol. The van der Waals surface area contributed by atoms with E-state index in [-0.39, 0.29) is 12.1 Å². The summed E-state index contributed by atoms with van der Waals surface area (Å²) in [6, 6.07) is 6.46. The quantitative estimate of drug-likeness (QED) is 0.593. The zero-order chi connectivity index (χ0) is 15.4. The van der Waals surface area contributed by atoms with Crippen LogP contribution < -0.4 is 0 Å². The highest BCUT2D eigenvalue weighted by Gasteiger charge is 2.33. The molecular formula is C17H23N2O2+. The highest BCUT2D eigenvalue weighted by atomic mass is 16.5. The summed E-state index contributed by atoms with van der Waals surface area (Å²) >= 11 is 0. The van der Waals surface area contributed by atoms with Crippen LogP contribution in [0.1, 0.15) is 50.4 Å². The topological polar surface area (TPSA) is 54.5 Å². The van der Waals surface area contributed by atoms with Crippen molar-refractivity contribution in [3.05, 3.63) is 34.8 Å². The third-order valence-electron chi connectivity index (χ3n) is 4.44. The van der Waals surface area contributed by atoms with Crippen molar-refractivity contribution in [2.75, 3.05) is 0 Å². The van der Waals surface area contributed by atoms with Crippen molar-refractivity contribution >= 4 is 11.7 Å². The molecule has 21 heavy (non-hydrogen) atoms. The van der Waals surface area contributed by atoms with Crippen molar-refractivity contribution in [1.82, 2.24) is 0 Å². The molecule has 2 rings (SSSR count). The molecule has 1 aliphatic rings. The number of esters is 1. The molecule has 0 radical (unpaired) electrons. The Morgan fingerprint density at radius 3 is 2.52 bits per heavy atom. The Morgan fingerprint density at radius 1 is 1.29 bits per heavy atom. The van der Waals surface area contributed by atoms with Gasteiger partial charge in [-0.25, -0.2) is 4.79 Å². The third-order valence-corrected chi connectivity index (χ3v) is 4.44. The lowest BCUT2D eigenvalue weighted by molar-refractivity contribution is -0.0174. The van der Waals surface area contributed by atoms with Gasteiger partial charge in [0.15, 0.2) is 4.98 Å². The van der Waals surface area contributed by atoms with Crippen LogP contribution in [0.4, 0.5) is 5.69 Å². The first-order chi connectivity index (χ1) is 10.0. The predicted octanol–water partition coefficient (Wildman–Crippen LogP) is 4.79. The maximum absolute atomic E-state index is 12.3. The van der Waals surface area contributed by atoms with Crippen LogP contribution in [0.5, 0.6) is 0 Å². The van der Waals surface area contributed by atoms with Crippen LogP contribution in [0.15, 0.2) is 24.3 Å². The second-order valence-electron chi connectivity index (χ2n) is 6.42. The van der Waals surface area contributed by atoms with Crippen molar-refractivity contribution in [2.45, 2.75) is 46.1 Å². The van der Waals surface area contributed by atoms with Gasteiger partial charge in [-0.2, -0.15) is 0 Å². The number of hydrogen-bond acceptors (Lipinski definition) is 3. The van der Waals surface area contributed by atoms with E-state index in [2.05, 4.69) is 25.7 Å². The standard InChI is InChI=1S/C17H23N2O2/c1-11(2)15-9-4-12(3)10-16(15)21-17(20)13-5-7-14(19-18)8-6-13/h5-8,11-12,15-16H,4,9-10H2,1-3H3/q+1/t12-,15+,16-/m1/s1. The Labute approximate surface area is 126 Å². The number of carbonyl (C=O) groups excluding carboxylic acids is 1. The number of diazo groups is 1. The van der Waals surface area contributed by atoms with Crippen LogP contribution in [0.25, 0.3) is 4.98 Å².